The quantitative estimate of drug-likeness (QED) is 0.571. The summed E-state index contributed by atoms with van der Waals surface area (Å²) in [5.41, 5.74) is 2.45. The molecule has 0 aromatic carbocycles. The smallest absolute Gasteiger partial charge is 0.0731 e. The maximum Gasteiger partial charge on any atom is 0.0731 e. The lowest BCUT2D eigenvalue weighted by Gasteiger charge is -2.11. The monoisotopic (exact) mass is 171 g/mol. The largest absolute Gasteiger partial charge is 0.312 e. The van der Waals surface area contributed by atoms with Crippen molar-refractivity contribution in [2.45, 2.75) is 26.3 Å². The highest BCUT2D eigenvalue weighted by atomic mass is 28.3. The Balaban J connectivity index is 3.42. The summed E-state index contributed by atoms with van der Waals surface area (Å²) in [7, 11) is 3.75. The molecule has 0 spiro atoms. The zero-order valence-electron chi connectivity index (χ0n) is 8.30. The highest BCUT2D eigenvalue weighted by Crippen LogP contribution is 1.92. The van der Waals surface area contributed by atoms with Crippen LogP contribution in [-0.4, -0.2) is 34.0 Å². The molecule has 0 aromatic heterocycles. The molecular formula is C9H21NSi. The van der Waals surface area contributed by atoms with Crippen LogP contribution in [-0.2, 0) is 0 Å². The summed E-state index contributed by atoms with van der Waals surface area (Å²) in [6.07, 6.45) is 6.17. The van der Waals surface area contributed by atoms with E-state index in [4.69, 9.17) is 0 Å². The summed E-state index contributed by atoms with van der Waals surface area (Å²) < 4.78 is 0. The Morgan fingerprint density at radius 2 is 2.00 bits per heavy atom. The van der Waals surface area contributed by atoms with E-state index >= 15 is 0 Å². The minimum atomic E-state index is -0.546. The molecule has 66 valence electrons. The zero-order valence-corrected chi connectivity index (χ0v) is 9.46. The van der Waals surface area contributed by atoms with E-state index in [9.17, 15) is 0 Å². The van der Waals surface area contributed by atoms with E-state index in [1.54, 1.807) is 0 Å². The van der Waals surface area contributed by atoms with Gasteiger partial charge in [-0.1, -0.05) is 26.0 Å². The number of allylic oxidation sites excluding steroid dienone is 1. The van der Waals surface area contributed by atoms with Crippen molar-refractivity contribution < 1.29 is 0 Å². The molecule has 0 fully saturated rings. The molecule has 1 atom stereocenters. The fourth-order valence-corrected chi connectivity index (χ4v) is 3.06. The Morgan fingerprint density at radius 1 is 1.36 bits per heavy atom. The normalized spacial score (nSPS) is 14.6. The van der Waals surface area contributed by atoms with Crippen LogP contribution in [0.5, 0.6) is 0 Å². The van der Waals surface area contributed by atoms with Crippen molar-refractivity contribution in [2.24, 2.45) is 0 Å². The van der Waals surface area contributed by atoms with Crippen LogP contribution < -0.4 is 0 Å². The summed E-state index contributed by atoms with van der Waals surface area (Å²) >= 11 is 0. The van der Waals surface area contributed by atoms with E-state index in [0.29, 0.717) is 0 Å². The Hall–Kier alpha value is -0.0831. The first-order valence-electron chi connectivity index (χ1n) is 4.48. The maximum atomic E-state index is 2.45. The summed E-state index contributed by atoms with van der Waals surface area (Å²) in [5, 5.41) is 0. The molecule has 2 heteroatoms. The Morgan fingerprint density at radius 3 is 2.45 bits per heavy atom. The Bertz CT molecular complexity index is 110. The van der Waals surface area contributed by atoms with Crippen molar-refractivity contribution >= 4 is 8.80 Å². The topological polar surface area (TPSA) is 3.24 Å². The zero-order chi connectivity index (χ0) is 8.69. The van der Waals surface area contributed by atoms with Gasteiger partial charge in [-0.05, 0) is 26.7 Å². The molecule has 0 bridgehead atoms. The summed E-state index contributed by atoms with van der Waals surface area (Å²) in [6.45, 7) is 4.62. The molecule has 0 rings (SSSR count). The predicted molar refractivity (Wildman–Crippen MR) is 55.6 cm³/mol. The fourth-order valence-electron chi connectivity index (χ4n) is 1.13. The van der Waals surface area contributed by atoms with Crippen LogP contribution in [0.25, 0.3) is 0 Å². The van der Waals surface area contributed by atoms with Crippen LogP contribution in [0.15, 0.2) is 11.8 Å². The third-order valence-corrected chi connectivity index (χ3v) is 3.81. The van der Waals surface area contributed by atoms with Crippen molar-refractivity contribution in [3.05, 3.63) is 11.8 Å². The van der Waals surface area contributed by atoms with Gasteiger partial charge in [0.2, 0.25) is 0 Å². The molecule has 0 saturated carbocycles. The van der Waals surface area contributed by atoms with Gasteiger partial charge in [0.1, 0.15) is 0 Å². The van der Waals surface area contributed by atoms with Gasteiger partial charge in [-0.2, -0.15) is 0 Å². The van der Waals surface area contributed by atoms with Gasteiger partial charge in [0, 0.05) is 0 Å². The van der Waals surface area contributed by atoms with Gasteiger partial charge in [-0.15, -0.1) is 5.70 Å². The lowest BCUT2D eigenvalue weighted by molar-refractivity contribution is 0.475. The van der Waals surface area contributed by atoms with Crippen molar-refractivity contribution in [2.75, 3.05) is 20.3 Å². The molecule has 1 unspecified atom stereocenters. The van der Waals surface area contributed by atoms with Gasteiger partial charge in [0.25, 0.3) is 0 Å². The van der Waals surface area contributed by atoms with E-state index in [1.165, 1.54) is 19.0 Å². The molecule has 0 aliphatic carbocycles. The first-order valence-corrected chi connectivity index (χ1v) is 7.12. The highest BCUT2D eigenvalue weighted by molar-refractivity contribution is 6.62. The SMILES string of the molecule is CCCC=C[SiH](C)CN(C)C. The van der Waals surface area contributed by atoms with Gasteiger partial charge in [0.05, 0.1) is 8.80 Å². The lowest BCUT2D eigenvalue weighted by Crippen LogP contribution is -2.25. The standard InChI is InChI=1S/C9H21NSi/c1-5-6-7-8-11(4)9-10(2)3/h7-8,11H,5-6,9H2,1-4H3. The van der Waals surface area contributed by atoms with Gasteiger partial charge in [-0.25, -0.2) is 0 Å². The Labute approximate surface area is 72.7 Å². The van der Waals surface area contributed by atoms with E-state index in [1.807, 2.05) is 0 Å². The average Bonchev–Trinajstić information content (AvgIpc) is 1.86. The average molecular weight is 171 g/mol. The van der Waals surface area contributed by atoms with E-state index in [-0.39, 0.29) is 0 Å². The third kappa shape index (κ3) is 7.82. The summed E-state index contributed by atoms with van der Waals surface area (Å²) in [6, 6.07) is 0. The van der Waals surface area contributed by atoms with Crippen LogP contribution in [0.1, 0.15) is 19.8 Å². The fraction of sp³-hybridized carbons (Fsp3) is 0.778. The third-order valence-electron chi connectivity index (χ3n) is 1.57. The summed E-state index contributed by atoms with van der Waals surface area (Å²) in [5.74, 6) is 0. The molecule has 0 aliphatic rings. The van der Waals surface area contributed by atoms with E-state index in [2.05, 4.69) is 44.2 Å². The molecule has 0 amide bonds. The number of unbranched alkanes of at least 4 members (excludes halogenated alkanes) is 1. The van der Waals surface area contributed by atoms with Crippen molar-refractivity contribution in [3.63, 3.8) is 0 Å². The minimum absolute atomic E-state index is 0.546. The first-order chi connectivity index (χ1) is 5.16. The van der Waals surface area contributed by atoms with Gasteiger partial charge >= 0.3 is 0 Å². The van der Waals surface area contributed by atoms with Crippen LogP contribution in [0.4, 0.5) is 0 Å². The van der Waals surface area contributed by atoms with E-state index < -0.39 is 8.80 Å². The predicted octanol–water partition coefficient (Wildman–Crippen LogP) is 1.84. The molecule has 0 aromatic rings. The maximum absolute atomic E-state index is 2.45. The highest BCUT2D eigenvalue weighted by Gasteiger charge is 1.98. The van der Waals surface area contributed by atoms with Crippen LogP contribution in [0, 0.1) is 0 Å². The minimum Gasteiger partial charge on any atom is -0.312 e. The van der Waals surface area contributed by atoms with Crippen LogP contribution >= 0.6 is 0 Å². The summed E-state index contributed by atoms with van der Waals surface area (Å²) in [4.78, 5) is 2.28. The second kappa shape index (κ2) is 6.62. The second-order valence-corrected chi connectivity index (χ2v) is 6.16. The molecule has 1 nitrogen and oxygen atoms in total. The molecule has 0 heterocycles. The lowest BCUT2D eigenvalue weighted by atomic mass is 10.3. The van der Waals surface area contributed by atoms with Gasteiger partial charge in [0.15, 0.2) is 0 Å². The number of nitrogens with zero attached hydrogens (tertiary/aromatic N) is 1. The number of hydrogen-bond acceptors (Lipinski definition) is 1. The van der Waals surface area contributed by atoms with E-state index in [0.717, 1.165) is 0 Å². The molecule has 0 radical (unpaired) electrons. The molecule has 0 aliphatic heterocycles. The van der Waals surface area contributed by atoms with Gasteiger partial charge in [-0.3, -0.25) is 0 Å². The second-order valence-electron chi connectivity index (χ2n) is 3.46. The molecule has 0 N–H and O–H groups in total. The van der Waals surface area contributed by atoms with Gasteiger partial charge < -0.3 is 4.90 Å². The first kappa shape index (κ1) is 10.9. The van der Waals surface area contributed by atoms with Crippen molar-refractivity contribution in [1.29, 1.82) is 0 Å². The van der Waals surface area contributed by atoms with Crippen molar-refractivity contribution in [3.8, 4) is 0 Å². The number of hydrogen-bond donors (Lipinski definition) is 0. The Kier molecular flexibility index (Phi) is 6.57. The molecule has 0 saturated heterocycles. The number of rotatable bonds is 5. The molecule has 11 heavy (non-hydrogen) atoms. The van der Waals surface area contributed by atoms with Crippen LogP contribution in [0.3, 0.4) is 0 Å². The molecular weight excluding hydrogens is 150 g/mol. The van der Waals surface area contributed by atoms with Crippen LogP contribution in [0.2, 0.25) is 6.55 Å². The van der Waals surface area contributed by atoms with Crippen molar-refractivity contribution in [1.82, 2.24) is 4.90 Å².